The van der Waals surface area contributed by atoms with Crippen molar-refractivity contribution in [2.24, 2.45) is 0 Å². The molecule has 23 heteroatoms. The Kier molecular flexibility index (Phi) is 7.35. The van der Waals surface area contributed by atoms with E-state index in [1.165, 1.54) is 0 Å². The lowest BCUT2D eigenvalue weighted by molar-refractivity contribution is -0.0718. The predicted molar refractivity (Wildman–Crippen MR) is 113 cm³/mol. The van der Waals surface area contributed by atoms with Gasteiger partial charge in [-0.15, -0.1) is 0 Å². The first-order chi connectivity index (χ1) is 17.6. The molecule has 206 valence electrons. The number of nitrogens with one attached hydrogen (secondary N) is 1. The molecule has 1 aliphatic rings. The van der Waals surface area contributed by atoms with Gasteiger partial charge in [-0.3, -0.25) is 18.9 Å². The number of phosphoric acid groups is 3. The van der Waals surface area contributed by atoms with Crippen LogP contribution in [-0.2, 0) is 31.6 Å². The molecule has 0 radical (unpaired) electrons. The predicted octanol–water partition coefficient (Wildman–Crippen LogP) is -1.25. The fraction of sp³-hybridized carbons (Fsp3) is 0.429. The maximum Gasteiger partial charge on any atom is 0.490 e. The Labute approximate surface area is 205 Å². The van der Waals surface area contributed by atoms with Crippen LogP contribution in [0.25, 0.3) is 11.0 Å². The second kappa shape index (κ2) is 10.2. The van der Waals surface area contributed by atoms with Crippen LogP contribution in [-0.4, -0.2) is 75.4 Å². The number of ether oxygens (including phenoxy) is 1. The summed E-state index contributed by atoms with van der Waals surface area (Å²) in [6.07, 6.45) is -7.04. The zero-order chi connectivity index (χ0) is 29.8. The van der Waals surface area contributed by atoms with Crippen molar-refractivity contribution in [1.29, 1.82) is 0 Å². The molecule has 0 saturated carbocycles. The number of nitrogen functional groups attached to an aromatic ring is 1. The van der Waals surface area contributed by atoms with Crippen molar-refractivity contribution in [1.82, 2.24) is 14.5 Å². The summed E-state index contributed by atoms with van der Waals surface area (Å²) < 4.78 is 94.4. The minimum absolute atomic E-state index is 0.492. The van der Waals surface area contributed by atoms with Crippen molar-refractivity contribution < 1.29 is 72.9 Å². The maximum absolute atomic E-state index is 14.6. The normalized spacial score (nSPS) is 28.6. The highest BCUT2D eigenvalue weighted by molar-refractivity contribution is 7.66. The number of aromatic nitrogens is 3. The van der Waals surface area contributed by atoms with Crippen molar-refractivity contribution in [3.8, 4) is 11.8 Å². The Morgan fingerprint density at radius 2 is 1.95 bits per heavy atom. The topological polar surface area (TPSA) is 286 Å². The molecule has 1 saturated heterocycles. The summed E-state index contributed by atoms with van der Waals surface area (Å²) in [7, 11) is -18.0. The largest absolute Gasteiger partial charge is 0.490 e. The Morgan fingerprint density at radius 3 is 2.54 bits per heavy atom. The minimum Gasteiger partial charge on any atom is -0.386 e. The Balaban J connectivity index is 2.05. The molecule has 3 rings (SSSR count). The van der Waals surface area contributed by atoms with Crippen LogP contribution < -0.4 is 11.3 Å². The number of halogens is 2. The molecule has 18 nitrogen and oxygen atoms in total. The number of aliphatic hydroxyl groups is 2. The Hall–Kier alpha value is -2.07. The summed E-state index contributed by atoms with van der Waals surface area (Å²) in [5, 5.41) is 21.0. The lowest BCUT2D eigenvalue weighted by Crippen LogP contribution is -2.46. The number of H-pyrrole nitrogens is 1. The third-order valence-electron chi connectivity index (χ3n) is 4.35. The molecule has 1 aliphatic heterocycles. The van der Waals surface area contributed by atoms with E-state index in [1.54, 1.807) is 5.92 Å². The van der Waals surface area contributed by atoms with Gasteiger partial charge in [0.15, 0.2) is 23.3 Å². The van der Waals surface area contributed by atoms with E-state index in [1.807, 2.05) is 10.9 Å². The quantitative estimate of drug-likeness (QED) is 0.130. The number of nitrogens with zero attached hydrogens (tertiary/aromatic N) is 2. The molecule has 0 bridgehead atoms. The van der Waals surface area contributed by atoms with Gasteiger partial charge < -0.3 is 40.3 Å². The molecule has 3 heterocycles. The van der Waals surface area contributed by atoms with Crippen molar-refractivity contribution in [3.63, 3.8) is 0 Å². The Bertz CT molecular complexity index is 1550. The second-order valence-corrected chi connectivity index (χ2v) is 11.3. The van der Waals surface area contributed by atoms with Crippen LogP contribution in [0.1, 0.15) is 8.97 Å². The van der Waals surface area contributed by atoms with Crippen molar-refractivity contribution in [3.05, 3.63) is 22.4 Å². The molecular formula is C14H17F2N4O14P3. The molecule has 37 heavy (non-hydrogen) atoms. The van der Waals surface area contributed by atoms with E-state index in [2.05, 4.69) is 18.1 Å². The molecule has 2 aromatic rings. The van der Waals surface area contributed by atoms with Crippen LogP contribution >= 0.6 is 23.5 Å². The maximum atomic E-state index is 14.6. The number of phosphoric ester groups is 1. The van der Waals surface area contributed by atoms with Crippen molar-refractivity contribution in [2.75, 3.05) is 19.0 Å². The fourth-order valence-electron chi connectivity index (χ4n) is 3.10. The first-order valence-corrected chi connectivity index (χ1v) is 13.7. The molecule has 0 aromatic carbocycles. The van der Waals surface area contributed by atoms with E-state index in [4.69, 9.17) is 23.0 Å². The smallest absolute Gasteiger partial charge is 0.386 e. The van der Waals surface area contributed by atoms with Crippen molar-refractivity contribution in [2.45, 2.75) is 24.0 Å². The number of anilines is 1. The summed E-state index contributed by atoms with van der Waals surface area (Å²) in [6.45, 7) is -5.26. The van der Waals surface area contributed by atoms with Crippen LogP contribution in [0.3, 0.4) is 0 Å². The zero-order valence-electron chi connectivity index (χ0n) is 19.5. The third kappa shape index (κ3) is 6.50. The van der Waals surface area contributed by atoms with E-state index in [0.717, 1.165) is 0 Å². The van der Waals surface area contributed by atoms with Gasteiger partial charge in [-0.25, -0.2) is 22.5 Å². The minimum atomic E-state index is -6.17. The van der Waals surface area contributed by atoms with E-state index in [9.17, 15) is 47.3 Å². The first-order valence-electron chi connectivity index (χ1n) is 10.1. The molecule has 1 fully saturated rings. The van der Waals surface area contributed by atoms with Gasteiger partial charge in [-0.1, -0.05) is 11.8 Å². The summed E-state index contributed by atoms with van der Waals surface area (Å²) in [4.78, 5) is 53.9. The molecular weight excluding hydrogens is 579 g/mol. The van der Waals surface area contributed by atoms with Crippen LogP contribution in [0.5, 0.6) is 0 Å². The molecule has 0 aliphatic carbocycles. The van der Waals surface area contributed by atoms with Gasteiger partial charge in [-0.2, -0.15) is 13.6 Å². The van der Waals surface area contributed by atoms with Gasteiger partial charge in [0, 0.05) is 6.20 Å². The van der Waals surface area contributed by atoms with Gasteiger partial charge >= 0.3 is 23.5 Å². The molecule has 0 amide bonds. The molecule has 6 atom stereocenters. The van der Waals surface area contributed by atoms with Crippen LogP contribution in [0.4, 0.5) is 14.7 Å². The third-order valence-corrected chi connectivity index (χ3v) is 8.02. The number of fused-ring (bicyclic) bond motifs is 1. The summed E-state index contributed by atoms with van der Waals surface area (Å²) in [5.41, 5.74) is 0.616. The molecule has 9 N–H and O–H groups in total. The van der Waals surface area contributed by atoms with E-state index in [0.29, 0.717) is 10.8 Å². The number of aromatic amines is 1. The number of hydrogen-bond donors (Lipinski definition) is 8. The zero-order valence-corrected chi connectivity index (χ0v) is 20.2. The number of alkyl halides is 1. The first kappa shape index (κ1) is 26.5. The number of aliphatic hydroxyl groups excluding tert-OH is 1. The second-order valence-electron chi connectivity index (χ2n) is 6.95. The average molecular weight is 598 g/mol. The molecule has 2 aromatic heterocycles. The average Bonchev–Trinajstić information content (AvgIpc) is 3.17. The highest BCUT2D eigenvalue weighted by Crippen LogP contribution is 2.66. The van der Waals surface area contributed by atoms with Gasteiger partial charge in [0.2, 0.25) is 5.95 Å². The molecule has 0 spiro atoms. The standard InChI is InChI=1S/C14H17F2N4O14P3/c15-3-1-2-14(23)9(21)7(5-31-36(27,28)34-37(29,30)33-35(24,25)26)32-12(14)20-4-6(16)8-10(20)18-13(17)19-11(8)22/h4,7,9,12,21,23H,3,5H2,(H,27,28)(H,29,30)(H2,24,25,26)(H3,17,18,19,22)/t7-,9+,12-,14?/m1/s1/i5D2. The number of nitrogens with two attached hydrogens (primary N) is 1. The fourth-order valence-corrected chi connectivity index (χ4v) is 5.97. The van der Waals surface area contributed by atoms with Gasteiger partial charge in [0.25, 0.3) is 5.56 Å². The SMILES string of the molecule is [2H]C([2H])(OP(=O)(O)OP(=O)(O)OP(=O)(O)O)[C@H]1O[C@@H](n2cc(F)c3c(=O)[nH]c(N)nc32)C(O)(C#CCF)[C@H]1O. The Morgan fingerprint density at radius 1 is 1.30 bits per heavy atom. The van der Waals surface area contributed by atoms with Gasteiger partial charge in [-0.05, 0) is 0 Å². The highest BCUT2D eigenvalue weighted by atomic mass is 31.3. The monoisotopic (exact) mass is 598 g/mol. The lowest BCUT2D eigenvalue weighted by atomic mass is 9.94. The van der Waals surface area contributed by atoms with E-state index in [-0.39, 0.29) is 0 Å². The van der Waals surface area contributed by atoms with Crippen molar-refractivity contribution >= 4 is 40.4 Å². The summed E-state index contributed by atoms with van der Waals surface area (Å²) >= 11 is 0. The van der Waals surface area contributed by atoms with Gasteiger partial charge in [0.05, 0.1) is 9.30 Å². The van der Waals surface area contributed by atoms with Crippen LogP contribution in [0.2, 0.25) is 0 Å². The van der Waals surface area contributed by atoms with E-state index >= 15 is 0 Å². The van der Waals surface area contributed by atoms with Crippen LogP contribution in [0, 0.1) is 17.7 Å². The highest BCUT2D eigenvalue weighted by Gasteiger charge is 2.57. The lowest BCUT2D eigenvalue weighted by Gasteiger charge is -2.26. The molecule has 3 unspecified atom stereocenters. The summed E-state index contributed by atoms with van der Waals surface area (Å²) in [5.74, 6) is 1.71. The number of rotatable bonds is 8. The summed E-state index contributed by atoms with van der Waals surface area (Å²) in [6, 6.07) is 0. The van der Waals surface area contributed by atoms with E-state index < -0.39 is 89.1 Å². The van der Waals surface area contributed by atoms with Crippen LogP contribution in [0.15, 0.2) is 11.0 Å². The number of hydrogen-bond acceptors (Lipinski definition) is 12. The van der Waals surface area contributed by atoms with Gasteiger partial charge in [0.1, 0.15) is 24.3 Å².